The van der Waals surface area contributed by atoms with Crippen LogP contribution in [0.3, 0.4) is 0 Å². The number of ether oxygens (including phenoxy) is 3. The quantitative estimate of drug-likeness (QED) is 0.438. The van der Waals surface area contributed by atoms with E-state index >= 15 is 0 Å². The summed E-state index contributed by atoms with van der Waals surface area (Å²) < 4.78 is 14.3. The average Bonchev–Trinajstić information content (AvgIpc) is 2.88. The minimum Gasteiger partial charge on any atom is -0.469 e. The van der Waals surface area contributed by atoms with E-state index in [1.165, 1.54) is 14.0 Å². The molecule has 3 rings (SSSR count). The lowest BCUT2D eigenvalue weighted by Crippen LogP contribution is -2.38. The van der Waals surface area contributed by atoms with Gasteiger partial charge in [0.1, 0.15) is 0 Å². The van der Waals surface area contributed by atoms with Gasteiger partial charge in [0.25, 0.3) is 5.91 Å². The van der Waals surface area contributed by atoms with Gasteiger partial charge in [0.05, 0.1) is 7.11 Å². The van der Waals surface area contributed by atoms with E-state index in [1.807, 2.05) is 24.3 Å². The summed E-state index contributed by atoms with van der Waals surface area (Å²) in [6, 6.07) is 7.90. The third-order valence-corrected chi connectivity index (χ3v) is 7.01. The van der Waals surface area contributed by atoms with Crippen molar-refractivity contribution in [2.24, 2.45) is 5.92 Å². The van der Waals surface area contributed by atoms with Crippen molar-refractivity contribution in [3.8, 4) is 0 Å². The van der Waals surface area contributed by atoms with Gasteiger partial charge in [0.2, 0.25) is 6.79 Å². The van der Waals surface area contributed by atoms with Crippen LogP contribution in [0.25, 0.3) is 0 Å². The van der Waals surface area contributed by atoms with Crippen molar-refractivity contribution in [3.63, 3.8) is 0 Å². The molecule has 2 amide bonds. The van der Waals surface area contributed by atoms with Crippen LogP contribution in [-0.4, -0.2) is 61.9 Å². The highest BCUT2D eigenvalue weighted by Gasteiger charge is 2.26. The Balaban J connectivity index is 1.39. The van der Waals surface area contributed by atoms with Gasteiger partial charge in [-0.15, -0.1) is 0 Å². The fourth-order valence-electron chi connectivity index (χ4n) is 4.84. The molecule has 192 valence electrons. The van der Waals surface area contributed by atoms with E-state index in [4.69, 9.17) is 9.47 Å². The molecular weight excluding hydrogens is 452 g/mol. The molecule has 0 radical (unpaired) electrons. The molecule has 0 aromatic heterocycles. The average molecular weight is 489 g/mol. The Morgan fingerprint density at radius 1 is 0.943 bits per heavy atom. The number of esters is 2. The first-order valence-electron chi connectivity index (χ1n) is 12.4. The Kier molecular flexibility index (Phi) is 9.93. The van der Waals surface area contributed by atoms with Crippen LogP contribution in [0.2, 0.25) is 0 Å². The highest BCUT2D eigenvalue weighted by molar-refractivity contribution is 5.94. The van der Waals surface area contributed by atoms with E-state index in [-0.39, 0.29) is 24.7 Å². The van der Waals surface area contributed by atoms with Gasteiger partial charge < -0.3 is 24.4 Å². The molecule has 1 aliphatic heterocycles. The van der Waals surface area contributed by atoms with E-state index in [1.54, 1.807) is 4.90 Å². The molecule has 0 unspecified atom stereocenters. The number of piperidine rings is 1. The standard InChI is InChI=1S/C26H36N2O7/c1-18(29)34-17-35-26(32)28-15-13-21(14-16-28)20-6-8-22(9-7-20)25(31)27-23-10-3-19(4-11-23)5-12-24(30)33-2/h6-9,19,21,23H,3-5,10-17H2,1-2H3,(H,27,31). The lowest BCUT2D eigenvalue weighted by Gasteiger charge is -2.31. The summed E-state index contributed by atoms with van der Waals surface area (Å²) in [5, 5.41) is 3.15. The maximum atomic E-state index is 12.7. The molecule has 1 heterocycles. The predicted molar refractivity (Wildman–Crippen MR) is 128 cm³/mol. The van der Waals surface area contributed by atoms with Crippen LogP contribution in [0.1, 0.15) is 80.1 Å². The van der Waals surface area contributed by atoms with Crippen LogP contribution >= 0.6 is 0 Å². The SMILES string of the molecule is COC(=O)CCC1CCC(NC(=O)c2ccc(C3CCN(C(=O)OCOC(C)=O)CC3)cc2)CC1. The number of rotatable bonds is 8. The molecular formula is C26H36N2O7. The summed E-state index contributed by atoms with van der Waals surface area (Å²) in [5.41, 5.74) is 1.80. The minimum atomic E-state index is -0.492. The number of benzene rings is 1. The summed E-state index contributed by atoms with van der Waals surface area (Å²) in [5.74, 6) is 0.121. The minimum absolute atomic E-state index is 0.0556. The van der Waals surface area contributed by atoms with E-state index in [9.17, 15) is 19.2 Å². The van der Waals surface area contributed by atoms with E-state index in [0.717, 1.165) is 50.5 Å². The van der Waals surface area contributed by atoms with Gasteiger partial charge in [-0.3, -0.25) is 14.4 Å². The first kappa shape index (κ1) is 26.5. The number of methoxy groups -OCH3 is 1. The van der Waals surface area contributed by atoms with Crippen LogP contribution in [0.5, 0.6) is 0 Å². The molecule has 0 bridgehead atoms. The number of nitrogens with zero attached hydrogens (tertiary/aromatic N) is 1. The van der Waals surface area contributed by atoms with Crippen molar-refractivity contribution in [1.29, 1.82) is 0 Å². The number of nitrogens with one attached hydrogen (secondary N) is 1. The Labute approximate surface area is 206 Å². The topological polar surface area (TPSA) is 111 Å². The molecule has 1 aromatic rings. The second-order valence-corrected chi connectivity index (χ2v) is 9.35. The summed E-state index contributed by atoms with van der Waals surface area (Å²) in [6.07, 6.45) is 6.31. The predicted octanol–water partition coefficient (Wildman–Crippen LogP) is 3.77. The maximum Gasteiger partial charge on any atom is 0.412 e. The van der Waals surface area contributed by atoms with Gasteiger partial charge >= 0.3 is 18.0 Å². The molecule has 9 nitrogen and oxygen atoms in total. The van der Waals surface area contributed by atoms with Gasteiger partial charge in [-0.25, -0.2) is 4.79 Å². The van der Waals surface area contributed by atoms with Crippen molar-refractivity contribution >= 4 is 23.9 Å². The van der Waals surface area contributed by atoms with E-state index in [2.05, 4.69) is 10.1 Å². The van der Waals surface area contributed by atoms with E-state index < -0.39 is 12.1 Å². The molecule has 0 atom stereocenters. The van der Waals surface area contributed by atoms with Gasteiger partial charge in [0, 0.05) is 38.0 Å². The van der Waals surface area contributed by atoms with Gasteiger partial charge in [-0.2, -0.15) is 0 Å². The zero-order chi connectivity index (χ0) is 25.2. The van der Waals surface area contributed by atoms with Gasteiger partial charge in [-0.05, 0) is 74.5 Å². The van der Waals surface area contributed by atoms with Crippen LogP contribution in [0, 0.1) is 5.92 Å². The second kappa shape index (κ2) is 13.1. The van der Waals surface area contributed by atoms with Crippen LogP contribution in [0.15, 0.2) is 24.3 Å². The summed E-state index contributed by atoms with van der Waals surface area (Å²) >= 11 is 0. The number of likely N-dealkylation sites (tertiary alicyclic amines) is 1. The lowest BCUT2D eigenvalue weighted by atomic mass is 9.83. The van der Waals surface area contributed by atoms with Crippen LogP contribution < -0.4 is 5.32 Å². The number of amides is 2. The third kappa shape index (κ3) is 8.26. The Morgan fingerprint density at radius 3 is 2.20 bits per heavy atom. The van der Waals surface area contributed by atoms with Crippen molar-refractivity contribution < 1.29 is 33.4 Å². The van der Waals surface area contributed by atoms with Gasteiger partial charge in [0.15, 0.2) is 0 Å². The zero-order valence-electron chi connectivity index (χ0n) is 20.6. The summed E-state index contributed by atoms with van der Waals surface area (Å²) in [7, 11) is 1.42. The molecule has 2 aliphatic rings. The fourth-order valence-corrected chi connectivity index (χ4v) is 4.84. The number of carbonyl (C=O) groups is 4. The third-order valence-electron chi connectivity index (χ3n) is 7.01. The monoisotopic (exact) mass is 488 g/mol. The molecule has 1 N–H and O–H groups in total. The van der Waals surface area contributed by atoms with Crippen molar-refractivity contribution in [2.45, 2.75) is 70.3 Å². The molecule has 1 saturated heterocycles. The van der Waals surface area contributed by atoms with Crippen LogP contribution in [0.4, 0.5) is 4.79 Å². The smallest absolute Gasteiger partial charge is 0.412 e. The molecule has 9 heteroatoms. The molecule has 1 aliphatic carbocycles. The lowest BCUT2D eigenvalue weighted by molar-refractivity contribution is -0.149. The van der Waals surface area contributed by atoms with Crippen LogP contribution in [-0.2, 0) is 23.8 Å². The highest BCUT2D eigenvalue weighted by atomic mass is 16.7. The summed E-state index contributed by atoms with van der Waals surface area (Å²) in [6.45, 7) is 2.02. The highest BCUT2D eigenvalue weighted by Crippen LogP contribution is 2.30. The zero-order valence-corrected chi connectivity index (χ0v) is 20.6. The Bertz CT molecular complexity index is 870. The molecule has 35 heavy (non-hydrogen) atoms. The largest absolute Gasteiger partial charge is 0.469 e. The van der Waals surface area contributed by atoms with Crippen molar-refractivity contribution in [1.82, 2.24) is 10.2 Å². The van der Waals surface area contributed by atoms with Crippen molar-refractivity contribution in [3.05, 3.63) is 35.4 Å². The van der Waals surface area contributed by atoms with E-state index in [0.29, 0.717) is 36.9 Å². The number of hydrogen-bond acceptors (Lipinski definition) is 7. The van der Waals surface area contributed by atoms with Crippen molar-refractivity contribution in [2.75, 3.05) is 27.0 Å². The summed E-state index contributed by atoms with van der Waals surface area (Å²) in [4.78, 5) is 48.5. The molecule has 0 spiro atoms. The second-order valence-electron chi connectivity index (χ2n) is 9.35. The van der Waals surface area contributed by atoms with Gasteiger partial charge in [-0.1, -0.05) is 12.1 Å². The molecule has 1 saturated carbocycles. The molecule has 1 aromatic carbocycles. The fraction of sp³-hybridized carbons (Fsp3) is 0.615. The first-order chi connectivity index (χ1) is 16.9. The normalized spacial score (nSPS) is 20.6. The number of hydrogen-bond donors (Lipinski definition) is 1. The number of carbonyl (C=O) groups excluding carboxylic acids is 4. The Hall–Kier alpha value is -3.10. The maximum absolute atomic E-state index is 12.7. The Morgan fingerprint density at radius 2 is 1.60 bits per heavy atom. The first-order valence-corrected chi connectivity index (χ1v) is 12.4. The molecule has 2 fully saturated rings.